The minimum Gasteiger partial charge on any atom is -0.435 e. The van der Waals surface area contributed by atoms with E-state index in [0.717, 1.165) is 19.3 Å². The Hall–Kier alpha value is -1.84. The standard InChI is InChI=1S/C14H17NO3/c15-13(17)18-14(9-5-2-6-10-14)12(16)11-7-3-1-4-8-11/h1,3-4,7-8H,2,5-6,9-10H2,(H2,15,17). The van der Waals surface area contributed by atoms with Crippen LogP contribution >= 0.6 is 0 Å². The van der Waals surface area contributed by atoms with E-state index in [0.29, 0.717) is 18.4 Å². The van der Waals surface area contributed by atoms with Gasteiger partial charge >= 0.3 is 6.09 Å². The lowest BCUT2D eigenvalue weighted by atomic mass is 9.79. The Bertz CT molecular complexity index is 436. The molecule has 1 amide bonds. The van der Waals surface area contributed by atoms with Gasteiger partial charge in [-0.3, -0.25) is 4.79 Å². The molecule has 2 N–H and O–H groups in total. The molecule has 96 valence electrons. The molecule has 1 aliphatic carbocycles. The number of carbonyl (C=O) groups excluding carboxylic acids is 2. The third-order valence-corrected chi connectivity index (χ3v) is 3.41. The van der Waals surface area contributed by atoms with Crippen molar-refractivity contribution < 1.29 is 14.3 Å². The van der Waals surface area contributed by atoms with Crippen LogP contribution in [0, 0.1) is 0 Å². The molecule has 1 saturated carbocycles. The first-order valence-electron chi connectivity index (χ1n) is 6.22. The van der Waals surface area contributed by atoms with Crippen LogP contribution < -0.4 is 5.73 Å². The molecule has 1 aliphatic rings. The third kappa shape index (κ3) is 2.53. The number of benzene rings is 1. The lowest BCUT2D eigenvalue weighted by Gasteiger charge is -2.34. The third-order valence-electron chi connectivity index (χ3n) is 3.41. The number of primary amides is 1. The van der Waals surface area contributed by atoms with Crippen molar-refractivity contribution in [2.45, 2.75) is 37.7 Å². The molecular formula is C14H17NO3. The monoisotopic (exact) mass is 247 g/mol. The van der Waals surface area contributed by atoms with Crippen LogP contribution in [0.5, 0.6) is 0 Å². The number of ketones is 1. The van der Waals surface area contributed by atoms with E-state index in [1.807, 2.05) is 6.07 Å². The second-order valence-electron chi connectivity index (χ2n) is 4.67. The summed E-state index contributed by atoms with van der Waals surface area (Å²) in [6.45, 7) is 0. The van der Waals surface area contributed by atoms with Gasteiger partial charge in [0.25, 0.3) is 0 Å². The number of amides is 1. The summed E-state index contributed by atoms with van der Waals surface area (Å²) < 4.78 is 5.18. The smallest absolute Gasteiger partial charge is 0.405 e. The first kappa shape index (κ1) is 12.6. The van der Waals surface area contributed by atoms with Gasteiger partial charge in [-0.2, -0.15) is 0 Å². The largest absolute Gasteiger partial charge is 0.435 e. The minimum absolute atomic E-state index is 0.137. The number of ether oxygens (including phenoxy) is 1. The molecule has 0 aliphatic heterocycles. The van der Waals surface area contributed by atoms with Crippen molar-refractivity contribution in [2.24, 2.45) is 5.73 Å². The molecule has 0 aromatic heterocycles. The lowest BCUT2D eigenvalue weighted by molar-refractivity contribution is -0.000586. The quantitative estimate of drug-likeness (QED) is 0.835. The van der Waals surface area contributed by atoms with Gasteiger partial charge in [-0.05, 0) is 25.7 Å². The van der Waals surface area contributed by atoms with Gasteiger partial charge in [0.2, 0.25) is 5.78 Å². The zero-order chi connectivity index (χ0) is 13.0. The molecule has 1 aromatic carbocycles. The van der Waals surface area contributed by atoms with E-state index in [1.54, 1.807) is 24.3 Å². The Morgan fingerprint density at radius 1 is 1.06 bits per heavy atom. The van der Waals surface area contributed by atoms with Crippen LogP contribution in [-0.4, -0.2) is 17.5 Å². The summed E-state index contributed by atoms with van der Waals surface area (Å²) >= 11 is 0. The van der Waals surface area contributed by atoms with Crippen LogP contribution in [0.2, 0.25) is 0 Å². The fraction of sp³-hybridized carbons (Fsp3) is 0.429. The Morgan fingerprint density at radius 2 is 1.67 bits per heavy atom. The van der Waals surface area contributed by atoms with E-state index in [9.17, 15) is 9.59 Å². The molecule has 0 atom stereocenters. The zero-order valence-corrected chi connectivity index (χ0v) is 10.2. The zero-order valence-electron chi connectivity index (χ0n) is 10.2. The van der Waals surface area contributed by atoms with Crippen LogP contribution in [-0.2, 0) is 4.74 Å². The molecular weight excluding hydrogens is 230 g/mol. The fourth-order valence-corrected chi connectivity index (χ4v) is 2.54. The average molecular weight is 247 g/mol. The van der Waals surface area contributed by atoms with Crippen LogP contribution in [0.1, 0.15) is 42.5 Å². The van der Waals surface area contributed by atoms with E-state index in [-0.39, 0.29) is 5.78 Å². The molecule has 18 heavy (non-hydrogen) atoms. The fourth-order valence-electron chi connectivity index (χ4n) is 2.54. The summed E-state index contributed by atoms with van der Waals surface area (Å²) in [7, 11) is 0. The van der Waals surface area contributed by atoms with Gasteiger partial charge in [-0.25, -0.2) is 4.79 Å². The molecule has 4 heteroatoms. The second-order valence-corrected chi connectivity index (χ2v) is 4.67. The van der Waals surface area contributed by atoms with Crippen molar-refractivity contribution in [1.82, 2.24) is 0 Å². The van der Waals surface area contributed by atoms with Crippen LogP contribution in [0.4, 0.5) is 4.79 Å². The highest BCUT2D eigenvalue weighted by molar-refractivity contribution is 6.03. The van der Waals surface area contributed by atoms with Crippen molar-refractivity contribution in [3.05, 3.63) is 35.9 Å². The lowest BCUT2D eigenvalue weighted by Crippen LogP contribution is -2.46. The predicted molar refractivity (Wildman–Crippen MR) is 67.3 cm³/mol. The molecule has 1 fully saturated rings. The predicted octanol–water partition coefficient (Wildman–Crippen LogP) is 2.67. The molecule has 0 spiro atoms. The highest BCUT2D eigenvalue weighted by Gasteiger charge is 2.43. The SMILES string of the molecule is NC(=O)OC1(C(=O)c2ccccc2)CCCCC1. The summed E-state index contributed by atoms with van der Waals surface area (Å²) in [5.41, 5.74) is 4.63. The average Bonchev–Trinajstić information content (AvgIpc) is 2.39. The van der Waals surface area contributed by atoms with Crippen molar-refractivity contribution in [1.29, 1.82) is 0 Å². The normalized spacial score (nSPS) is 18.0. The van der Waals surface area contributed by atoms with E-state index in [1.165, 1.54) is 0 Å². The van der Waals surface area contributed by atoms with Crippen molar-refractivity contribution in [3.8, 4) is 0 Å². The maximum atomic E-state index is 12.5. The summed E-state index contributed by atoms with van der Waals surface area (Å²) in [4.78, 5) is 23.6. The number of nitrogens with two attached hydrogens (primary N) is 1. The number of hydrogen-bond acceptors (Lipinski definition) is 3. The Balaban J connectivity index is 2.28. The van der Waals surface area contributed by atoms with Crippen molar-refractivity contribution in [2.75, 3.05) is 0 Å². The van der Waals surface area contributed by atoms with Crippen LogP contribution in [0.3, 0.4) is 0 Å². The number of carbonyl (C=O) groups is 2. The Kier molecular flexibility index (Phi) is 3.65. The molecule has 0 heterocycles. The van der Waals surface area contributed by atoms with Crippen molar-refractivity contribution >= 4 is 11.9 Å². The summed E-state index contributed by atoms with van der Waals surface area (Å²) in [5, 5.41) is 0. The summed E-state index contributed by atoms with van der Waals surface area (Å²) in [5.74, 6) is -0.137. The first-order valence-corrected chi connectivity index (χ1v) is 6.22. The first-order chi connectivity index (χ1) is 8.64. The van der Waals surface area contributed by atoms with E-state index >= 15 is 0 Å². The highest BCUT2D eigenvalue weighted by atomic mass is 16.6. The molecule has 2 rings (SSSR count). The summed E-state index contributed by atoms with van der Waals surface area (Å²) in [6, 6.07) is 8.92. The van der Waals surface area contributed by atoms with Gasteiger partial charge in [0.15, 0.2) is 5.60 Å². The van der Waals surface area contributed by atoms with Gasteiger partial charge in [-0.1, -0.05) is 36.8 Å². The number of rotatable bonds is 3. The van der Waals surface area contributed by atoms with Gasteiger partial charge in [-0.15, -0.1) is 0 Å². The molecule has 0 saturated heterocycles. The van der Waals surface area contributed by atoms with Crippen LogP contribution in [0.15, 0.2) is 30.3 Å². The van der Waals surface area contributed by atoms with Crippen molar-refractivity contribution in [3.63, 3.8) is 0 Å². The maximum absolute atomic E-state index is 12.5. The molecule has 1 aromatic rings. The Morgan fingerprint density at radius 3 is 2.22 bits per heavy atom. The summed E-state index contributed by atoms with van der Waals surface area (Å²) in [6.07, 6.45) is 3.07. The second kappa shape index (κ2) is 5.21. The number of hydrogen-bond donors (Lipinski definition) is 1. The van der Waals surface area contributed by atoms with Gasteiger partial charge in [0, 0.05) is 5.56 Å². The van der Waals surface area contributed by atoms with Crippen LogP contribution in [0.25, 0.3) is 0 Å². The van der Waals surface area contributed by atoms with E-state index in [4.69, 9.17) is 10.5 Å². The maximum Gasteiger partial charge on any atom is 0.405 e. The topological polar surface area (TPSA) is 69.4 Å². The Labute approximate surface area is 106 Å². The minimum atomic E-state index is -1.05. The van der Waals surface area contributed by atoms with E-state index < -0.39 is 11.7 Å². The molecule has 4 nitrogen and oxygen atoms in total. The van der Waals surface area contributed by atoms with Gasteiger partial charge in [0.05, 0.1) is 0 Å². The number of Topliss-reactive ketones (excluding diaryl/α,β-unsaturated/α-hetero) is 1. The molecule has 0 unspecified atom stereocenters. The van der Waals surface area contributed by atoms with E-state index in [2.05, 4.69) is 0 Å². The molecule has 0 radical (unpaired) electrons. The van der Waals surface area contributed by atoms with Gasteiger partial charge in [0.1, 0.15) is 0 Å². The molecule has 0 bridgehead atoms. The highest BCUT2D eigenvalue weighted by Crippen LogP contribution is 2.34. The van der Waals surface area contributed by atoms with Gasteiger partial charge < -0.3 is 10.5 Å².